The van der Waals surface area contributed by atoms with E-state index in [2.05, 4.69) is 9.80 Å². The fraction of sp³-hybridized carbons (Fsp3) is 0.579. The largest absolute Gasteiger partial charge is 0.379 e. The number of rotatable bonds is 5. The van der Waals surface area contributed by atoms with Crippen LogP contribution in [-0.2, 0) is 16.1 Å². The second-order valence-electron chi connectivity index (χ2n) is 7.24. The number of nitrogens with zero attached hydrogens (tertiary/aromatic N) is 4. The van der Waals surface area contributed by atoms with Gasteiger partial charge in [0.15, 0.2) is 0 Å². The molecule has 2 fully saturated rings. The van der Waals surface area contributed by atoms with Gasteiger partial charge in [-0.05, 0) is 18.2 Å². The predicted octanol–water partition coefficient (Wildman–Crippen LogP) is 1.19. The van der Waals surface area contributed by atoms with Gasteiger partial charge in [-0.15, -0.1) is 0 Å². The highest BCUT2D eigenvalue weighted by molar-refractivity contribution is 7.16. The van der Waals surface area contributed by atoms with Crippen molar-refractivity contribution < 1.29 is 9.53 Å². The number of carbonyl (C=O) groups excluding carboxylic acids is 1. The van der Waals surface area contributed by atoms with Crippen LogP contribution in [0.15, 0.2) is 23.0 Å². The Morgan fingerprint density at radius 1 is 1.04 bits per heavy atom. The molecule has 2 aliphatic rings. The highest BCUT2D eigenvalue weighted by Gasteiger charge is 2.23. The molecule has 1 amide bonds. The molecule has 7 nitrogen and oxygen atoms in total. The number of benzene rings is 1. The SMILES string of the molecule is O=C(Cn1c(=O)sc2ccc(Cl)cc21)N1CCN(CCN2CCOCC2)CC1. The lowest BCUT2D eigenvalue weighted by atomic mass is 10.3. The van der Waals surface area contributed by atoms with Crippen molar-refractivity contribution in [1.82, 2.24) is 19.3 Å². The molecule has 2 saturated heterocycles. The molecule has 152 valence electrons. The van der Waals surface area contributed by atoms with Crippen molar-refractivity contribution in [2.24, 2.45) is 0 Å². The first kappa shape index (κ1) is 19.8. The number of fused-ring (bicyclic) bond motifs is 1. The minimum absolute atomic E-state index is 0.00500. The van der Waals surface area contributed by atoms with Crippen molar-refractivity contribution in [1.29, 1.82) is 0 Å². The Hall–Kier alpha value is -1.45. The van der Waals surface area contributed by atoms with E-state index in [4.69, 9.17) is 16.3 Å². The van der Waals surface area contributed by atoms with E-state index >= 15 is 0 Å². The lowest BCUT2D eigenvalue weighted by Crippen LogP contribution is -2.51. The fourth-order valence-electron chi connectivity index (χ4n) is 3.75. The predicted molar refractivity (Wildman–Crippen MR) is 111 cm³/mol. The minimum Gasteiger partial charge on any atom is -0.379 e. The van der Waals surface area contributed by atoms with Gasteiger partial charge in [-0.3, -0.25) is 24.0 Å². The van der Waals surface area contributed by atoms with Crippen molar-refractivity contribution in [3.63, 3.8) is 0 Å². The van der Waals surface area contributed by atoms with Crippen LogP contribution >= 0.6 is 22.9 Å². The average molecular weight is 425 g/mol. The Morgan fingerprint density at radius 2 is 1.71 bits per heavy atom. The Labute approximate surface area is 173 Å². The maximum atomic E-state index is 12.8. The maximum absolute atomic E-state index is 12.8. The number of halogens is 1. The van der Waals surface area contributed by atoms with E-state index < -0.39 is 0 Å². The smallest absolute Gasteiger partial charge is 0.308 e. The van der Waals surface area contributed by atoms with Gasteiger partial charge in [0.05, 0.1) is 23.4 Å². The van der Waals surface area contributed by atoms with Crippen LogP contribution in [0, 0.1) is 0 Å². The van der Waals surface area contributed by atoms with E-state index in [1.807, 2.05) is 11.0 Å². The number of amides is 1. The van der Waals surface area contributed by atoms with E-state index in [1.165, 1.54) is 0 Å². The third-order valence-corrected chi connectivity index (χ3v) is 6.68. The molecule has 1 aromatic carbocycles. The molecule has 2 aromatic rings. The van der Waals surface area contributed by atoms with Crippen molar-refractivity contribution in [2.45, 2.75) is 6.54 Å². The topological polar surface area (TPSA) is 58.0 Å². The molecule has 0 N–H and O–H groups in total. The van der Waals surface area contributed by atoms with Gasteiger partial charge in [0, 0.05) is 57.4 Å². The van der Waals surface area contributed by atoms with E-state index in [-0.39, 0.29) is 17.3 Å². The molecule has 0 spiro atoms. The summed E-state index contributed by atoms with van der Waals surface area (Å²) < 4.78 is 7.78. The summed E-state index contributed by atoms with van der Waals surface area (Å²) in [5, 5.41) is 0.570. The van der Waals surface area contributed by atoms with Gasteiger partial charge in [0.25, 0.3) is 0 Å². The van der Waals surface area contributed by atoms with E-state index in [0.717, 1.165) is 74.0 Å². The number of thiazole rings is 1. The summed E-state index contributed by atoms with van der Waals surface area (Å²) in [5.74, 6) is -0.00500. The maximum Gasteiger partial charge on any atom is 0.308 e. The first-order valence-electron chi connectivity index (χ1n) is 9.69. The molecular formula is C19H25ClN4O3S. The van der Waals surface area contributed by atoms with Gasteiger partial charge in [-0.25, -0.2) is 0 Å². The van der Waals surface area contributed by atoms with Crippen LogP contribution in [-0.4, -0.2) is 90.7 Å². The second kappa shape index (κ2) is 8.92. The van der Waals surface area contributed by atoms with Gasteiger partial charge < -0.3 is 9.64 Å². The summed E-state index contributed by atoms with van der Waals surface area (Å²) in [6.07, 6.45) is 0. The van der Waals surface area contributed by atoms with Crippen LogP contribution in [0.1, 0.15) is 0 Å². The molecule has 0 unspecified atom stereocenters. The average Bonchev–Trinajstić information content (AvgIpc) is 3.02. The molecule has 2 aliphatic heterocycles. The summed E-state index contributed by atoms with van der Waals surface area (Å²) in [7, 11) is 0. The molecule has 0 radical (unpaired) electrons. The van der Waals surface area contributed by atoms with Gasteiger partial charge in [-0.2, -0.15) is 0 Å². The summed E-state index contributed by atoms with van der Waals surface area (Å²) in [6.45, 7) is 8.98. The van der Waals surface area contributed by atoms with E-state index in [0.29, 0.717) is 18.1 Å². The van der Waals surface area contributed by atoms with Gasteiger partial charge in [0.2, 0.25) is 5.91 Å². The normalized spacial score (nSPS) is 19.4. The number of hydrogen-bond donors (Lipinski definition) is 0. The summed E-state index contributed by atoms with van der Waals surface area (Å²) in [5.41, 5.74) is 0.736. The molecule has 28 heavy (non-hydrogen) atoms. The zero-order valence-electron chi connectivity index (χ0n) is 15.8. The quantitative estimate of drug-likeness (QED) is 0.721. The fourth-order valence-corrected chi connectivity index (χ4v) is 4.79. The minimum atomic E-state index is -0.116. The standard InChI is InChI=1S/C19H25ClN4O3S/c20-15-1-2-17-16(13-15)24(19(26)28-17)14-18(25)23-7-5-21(6-8-23)3-4-22-9-11-27-12-10-22/h1-2,13H,3-12,14H2. The van der Waals surface area contributed by atoms with E-state index in [1.54, 1.807) is 16.7 Å². The highest BCUT2D eigenvalue weighted by Crippen LogP contribution is 2.21. The molecule has 1 aromatic heterocycles. The van der Waals surface area contributed by atoms with Gasteiger partial charge in [0.1, 0.15) is 6.54 Å². The molecule has 0 bridgehead atoms. The van der Waals surface area contributed by atoms with Crippen LogP contribution in [0.5, 0.6) is 0 Å². The number of aromatic nitrogens is 1. The first-order valence-corrected chi connectivity index (χ1v) is 10.9. The number of carbonyl (C=O) groups is 1. The van der Waals surface area contributed by atoms with Crippen molar-refractivity contribution in [2.75, 3.05) is 65.6 Å². The van der Waals surface area contributed by atoms with Crippen LogP contribution in [0.3, 0.4) is 0 Å². The number of ether oxygens (including phenoxy) is 1. The molecule has 9 heteroatoms. The summed E-state index contributed by atoms with van der Waals surface area (Å²) >= 11 is 7.22. The van der Waals surface area contributed by atoms with Gasteiger partial charge >= 0.3 is 4.87 Å². The van der Waals surface area contributed by atoms with Gasteiger partial charge in [-0.1, -0.05) is 22.9 Å². The van der Waals surface area contributed by atoms with Crippen LogP contribution in [0.2, 0.25) is 5.02 Å². The lowest BCUT2D eigenvalue weighted by molar-refractivity contribution is -0.133. The third kappa shape index (κ3) is 4.58. The summed E-state index contributed by atoms with van der Waals surface area (Å²) in [4.78, 5) is 31.6. The van der Waals surface area contributed by atoms with Crippen molar-refractivity contribution in [3.05, 3.63) is 32.9 Å². The molecule has 4 rings (SSSR count). The zero-order valence-corrected chi connectivity index (χ0v) is 17.4. The Kier molecular flexibility index (Phi) is 6.32. The molecule has 0 saturated carbocycles. The molecule has 0 atom stereocenters. The molecule has 3 heterocycles. The number of hydrogen-bond acceptors (Lipinski definition) is 6. The van der Waals surface area contributed by atoms with Crippen LogP contribution in [0.4, 0.5) is 0 Å². The second-order valence-corrected chi connectivity index (χ2v) is 8.67. The van der Waals surface area contributed by atoms with Crippen LogP contribution in [0.25, 0.3) is 10.2 Å². The Bertz CT molecular complexity index is 885. The van der Waals surface area contributed by atoms with Crippen molar-refractivity contribution in [3.8, 4) is 0 Å². The Balaban J connectivity index is 1.30. The monoisotopic (exact) mass is 424 g/mol. The zero-order chi connectivity index (χ0) is 19.5. The van der Waals surface area contributed by atoms with Crippen molar-refractivity contribution >= 4 is 39.1 Å². The highest BCUT2D eigenvalue weighted by atomic mass is 35.5. The molecular weight excluding hydrogens is 400 g/mol. The van der Waals surface area contributed by atoms with Crippen LogP contribution < -0.4 is 4.87 Å². The molecule has 0 aliphatic carbocycles. The summed E-state index contributed by atoms with van der Waals surface area (Å²) in [6, 6.07) is 5.35. The first-order chi connectivity index (χ1) is 13.6. The lowest BCUT2D eigenvalue weighted by Gasteiger charge is -2.36. The number of morpholine rings is 1. The van der Waals surface area contributed by atoms with E-state index in [9.17, 15) is 9.59 Å². The third-order valence-electron chi connectivity index (χ3n) is 5.48. The number of piperazine rings is 1. The Morgan fingerprint density at radius 3 is 2.43 bits per heavy atom.